The van der Waals surface area contributed by atoms with Gasteiger partial charge in [0, 0.05) is 25.7 Å². The number of carbonyl (C=O) groups is 4. The molecule has 0 spiro atoms. The van der Waals surface area contributed by atoms with E-state index in [4.69, 9.17) is 37.0 Å². The molecule has 0 heterocycles. The largest absolute Gasteiger partial charge is 0.472 e. The SMILES string of the molecule is CCCCCCCCCCCCCCCCC(=O)OC[C@H](COP(=O)(O)OC[C@@H](O)COP(=O)(O)OC[C@@H](COC(=O)CCCCCCCCCC)OC(=O)CCCCCCCCCCCC(C)C)OC(=O)CCCCCCCCCCCCCC(C)C. The first-order chi connectivity index (χ1) is 42.4. The minimum atomic E-state index is -4.95. The monoisotopic (exact) mass is 1300 g/mol. The molecule has 0 saturated heterocycles. The van der Waals surface area contributed by atoms with Gasteiger partial charge in [0.15, 0.2) is 12.2 Å². The van der Waals surface area contributed by atoms with Gasteiger partial charge in [0.2, 0.25) is 0 Å². The third kappa shape index (κ3) is 62.8. The summed E-state index contributed by atoms with van der Waals surface area (Å²) in [6.07, 6.45) is 45.8. The first kappa shape index (κ1) is 86.1. The minimum Gasteiger partial charge on any atom is -0.462 e. The maximum Gasteiger partial charge on any atom is 0.472 e. The Kier molecular flexibility index (Phi) is 59.9. The van der Waals surface area contributed by atoms with Gasteiger partial charge in [-0.25, -0.2) is 9.13 Å². The molecular weight excluding hydrogens is 1160 g/mol. The number of phosphoric ester groups is 2. The molecule has 0 aromatic rings. The summed E-state index contributed by atoms with van der Waals surface area (Å²) in [5.74, 6) is -0.625. The fraction of sp³-hybridized carbons (Fsp3) is 0.942. The van der Waals surface area contributed by atoms with Crippen molar-refractivity contribution in [1.82, 2.24) is 0 Å². The summed E-state index contributed by atoms with van der Waals surface area (Å²) in [4.78, 5) is 72.4. The molecule has 88 heavy (non-hydrogen) atoms. The number of rotatable bonds is 68. The van der Waals surface area contributed by atoms with Crippen LogP contribution >= 0.6 is 15.6 Å². The lowest BCUT2D eigenvalue weighted by atomic mass is 10.0. The Bertz CT molecular complexity index is 1720. The molecule has 2 unspecified atom stereocenters. The molecule has 0 amide bonds. The minimum absolute atomic E-state index is 0.105. The zero-order valence-corrected chi connectivity index (χ0v) is 58.8. The Labute approximate surface area is 537 Å². The van der Waals surface area contributed by atoms with Crippen LogP contribution in [0.15, 0.2) is 0 Å². The predicted octanol–water partition coefficient (Wildman–Crippen LogP) is 19.6. The fourth-order valence-electron chi connectivity index (χ4n) is 10.4. The van der Waals surface area contributed by atoms with Crippen molar-refractivity contribution in [1.29, 1.82) is 0 Å². The average molecular weight is 1300 g/mol. The third-order valence-electron chi connectivity index (χ3n) is 16.0. The van der Waals surface area contributed by atoms with Crippen molar-refractivity contribution in [3.05, 3.63) is 0 Å². The van der Waals surface area contributed by atoms with E-state index in [-0.39, 0.29) is 25.7 Å². The summed E-state index contributed by atoms with van der Waals surface area (Å²) >= 11 is 0. The number of aliphatic hydroxyl groups excluding tert-OH is 1. The smallest absolute Gasteiger partial charge is 0.462 e. The van der Waals surface area contributed by atoms with Gasteiger partial charge < -0.3 is 33.8 Å². The molecule has 19 heteroatoms. The number of unbranched alkanes of at least 4 members (excludes halogenated alkanes) is 38. The Hall–Kier alpha value is -1.94. The van der Waals surface area contributed by atoms with Gasteiger partial charge in [-0.2, -0.15) is 0 Å². The predicted molar refractivity (Wildman–Crippen MR) is 354 cm³/mol. The number of ether oxygens (including phenoxy) is 4. The van der Waals surface area contributed by atoms with Gasteiger partial charge in [-0.15, -0.1) is 0 Å². The highest BCUT2D eigenvalue weighted by Gasteiger charge is 2.30. The molecule has 0 aliphatic heterocycles. The van der Waals surface area contributed by atoms with Crippen LogP contribution in [0.3, 0.4) is 0 Å². The summed E-state index contributed by atoms with van der Waals surface area (Å²) in [6, 6.07) is 0. The van der Waals surface area contributed by atoms with E-state index >= 15 is 0 Å². The number of esters is 4. The van der Waals surface area contributed by atoms with Gasteiger partial charge in [0.25, 0.3) is 0 Å². The van der Waals surface area contributed by atoms with Crippen LogP contribution in [0.4, 0.5) is 0 Å². The van der Waals surface area contributed by atoms with Crippen LogP contribution in [-0.4, -0.2) is 96.7 Å². The van der Waals surface area contributed by atoms with Gasteiger partial charge >= 0.3 is 39.5 Å². The first-order valence-corrected chi connectivity index (χ1v) is 39.0. The Morgan fingerprint density at radius 3 is 0.773 bits per heavy atom. The molecule has 17 nitrogen and oxygen atoms in total. The van der Waals surface area contributed by atoms with Crippen molar-refractivity contribution in [2.24, 2.45) is 11.8 Å². The molecule has 0 radical (unpaired) electrons. The molecule has 0 rings (SSSR count). The molecule has 0 fully saturated rings. The van der Waals surface area contributed by atoms with E-state index in [0.717, 1.165) is 108 Å². The average Bonchev–Trinajstić information content (AvgIpc) is 3.61. The van der Waals surface area contributed by atoms with Gasteiger partial charge in [-0.05, 0) is 37.5 Å². The summed E-state index contributed by atoms with van der Waals surface area (Å²) in [7, 11) is -9.89. The quantitative estimate of drug-likeness (QED) is 0.0222. The van der Waals surface area contributed by atoms with Crippen LogP contribution < -0.4 is 0 Å². The van der Waals surface area contributed by atoms with E-state index in [2.05, 4.69) is 41.5 Å². The van der Waals surface area contributed by atoms with Crippen LogP contribution in [0.1, 0.15) is 350 Å². The second-order valence-electron chi connectivity index (χ2n) is 25.9. The van der Waals surface area contributed by atoms with Crippen LogP contribution in [0.2, 0.25) is 0 Å². The van der Waals surface area contributed by atoms with Gasteiger partial charge in [0.1, 0.15) is 19.3 Å². The van der Waals surface area contributed by atoms with Crippen molar-refractivity contribution in [3.63, 3.8) is 0 Å². The van der Waals surface area contributed by atoms with E-state index < -0.39 is 97.5 Å². The van der Waals surface area contributed by atoms with Gasteiger partial charge in [0.05, 0.1) is 26.4 Å². The van der Waals surface area contributed by atoms with E-state index in [1.54, 1.807) is 0 Å². The second kappa shape index (κ2) is 61.3. The Morgan fingerprint density at radius 1 is 0.307 bits per heavy atom. The number of hydrogen-bond donors (Lipinski definition) is 3. The molecule has 0 aliphatic rings. The molecule has 5 atom stereocenters. The van der Waals surface area contributed by atoms with Crippen LogP contribution in [0, 0.1) is 11.8 Å². The van der Waals surface area contributed by atoms with E-state index in [1.165, 1.54) is 161 Å². The zero-order chi connectivity index (χ0) is 65.0. The lowest BCUT2D eigenvalue weighted by Gasteiger charge is -2.21. The van der Waals surface area contributed by atoms with Crippen LogP contribution in [0.5, 0.6) is 0 Å². The van der Waals surface area contributed by atoms with E-state index in [1.807, 2.05) is 0 Å². The first-order valence-electron chi connectivity index (χ1n) is 36.0. The molecule has 0 aromatic carbocycles. The molecule has 0 saturated carbocycles. The normalized spacial score (nSPS) is 14.2. The summed E-state index contributed by atoms with van der Waals surface area (Å²) < 4.78 is 68.2. The maximum atomic E-state index is 13.0. The lowest BCUT2D eigenvalue weighted by Crippen LogP contribution is -2.30. The van der Waals surface area contributed by atoms with Crippen molar-refractivity contribution in [2.45, 2.75) is 368 Å². The Balaban J connectivity index is 5.23. The number of carbonyl (C=O) groups excluding carboxylic acids is 4. The standard InChI is InChI=1S/C69H134O17P2/c1-7-9-11-13-15-17-18-19-20-23-28-34-40-46-52-67(72)80-58-65(85-68(73)53-47-41-35-29-24-21-22-26-31-37-43-49-61(3)4)60-84-88(77,78)82-56-63(70)55-81-87(75,76)83-59-64(57-79-66(71)51-45-39-33-16-14-12-10-8-2)86-69(74)54-48-42-36-30-25-27-32-38-44-50-62(5)6/h61-65,70H,7-60H2,1-6H3,(H,75,76)(H,77,78)/t63-,64+,65+/m0/s1. The van der Waals surface area contributed by atoms with Crippen molar-refractivity contribution in [3.8, 4) is 0 Å². The Morgan fingerprint density at radius 2 is 0.523 bits per heavy atom. The topological polar surface area (TPSA) is 237 Å². The van der Waals surface area contributed by atoms with Crippen LogP contribution in [0.25, 0.3) is 0 Å². The lowest BCUT2D eigenvalue weighted by molar-refractivity contribution is -0.161. The highest BCUT2D eigenvalue weighted by Crippen LogP contribution is 2.45. The van der Waals surface area contributed by atoms with Gasteiger partial charge in [-0.3, -0.25) is 37.3 Å². The highest BCUT2D eigenvalue weighted by atomic mass is 31.2. The van der Waals surface area contributed by atoms with Crippen molar-refractivity contribution in [2.75, 3.05) is 39.6 Å². The summed E-state index contributed by atoms with van der Waals surface area (Å²) in [6.45, 7) is 9.50. The van der Waals surface area contributed by atoms with Gasteiger partial charge in [-0.1, -0.05) is 298 Å². The highest BCUT2D eigenvalue weighted by molar-refractivity contribution is 7.47. The maximum absolute atomic E-state index is 13.0. The summed E-state index contributed by atoms with van der Waals surface area (Å²) in [5, 5.41) is 10.6. The fourth-order valence-corrected chi connectivity index (χ4v) is 12.0. The molecule has 3 N–H and O–H groups in total. The molecule has 0 aromatic heterocycles. The zero-order valence-electron chi connectivity index (χ0n) is 57.0. The summed E-state index contributed by atoms with van der Waals surface area (Å²) in [5.41, 5.74) is 0. The van der Waals surface area contributed by atoms with Crippen molar-refractivity contribution >= 4 is 39.5 Å². The van der Waals surface area contributed by atoms with E-state index in [9.17, 15) is 43.2 Å². The molecule has 0 aliphatic carbocycles. The van der Waals surface area contributed by atoms with E-state index in [0.29, 0.717) is 25.7 Å². The molecule has 0 bridgehead atoms. The van der Waals surface area contributed by atoms with Crippen molar-refractivity contribution < 1.29 is 80.2 Å². The molecule has 522 valence electrons. The third-order valence-corrected chi connectivity index (χ3v) is 17.9. The van der Waals surface area contributed by atoms with Crippen LogP contribution in [-0.2, 0) is 65.4 Å². The number of aliphatic hydroxyl groups is 1. The molecular formula is C69H134O17P2. The number of phosphoric acid groups is 2. The number of hydrogen-bond acceptors (Lipinski definition) is 15. The second-order valence-corrected chi connectivity index (χ2v) is 28.8.